The van der Waals surface area contributed by atoms with Gasteiger partial charge in [-0.3, -0.25) is 0 Å². The van der Waals surface area contributed by atoms with Crippen LogP contribution >= 0.6 is 11.6 Å². The predicted molar refractivity (Wildman–Crippen MR) is 58.2 cm³/mol. The first-order valence-corrected chi connectivity index (χ1v) is 5.16. The largest absolute Gasteiger partial charge is 0.237 e. The Labute approximate surface area is 92.9 Å². The number of pyridine rings is 1. The second kappa shape index (κ2) is 3.98. The highest BCUT2D eigenvalue weighted by atomic mass is 35.5. The van der Waals surface area contributed by atoms with E-state index in [1.807, 2.05) is 26.0 Å². The van der Waals surface area contributed by atoms with Crippen molar-refractivity contribution in [3.05, 3.63) is 35.5 Å². The summed E-state index contributed by atoms with van der Waals surface area (Å²) in [5.41, 5.74) is 0.951. The summed E-state index contributed by atoms with van der Waals surface area (Å²) in [6.45, 7) is 3.75. The lowest BCUT2D eigenvalue weighted by Gasteiger charge is -2.05. The fraction of sp³-hybridized carbons (Fsp3) is 0.300. The van der Waals surface area contributed by atoms with Gasteiger partial charge in [0.25, 0.3) is 0 Å². The summed E-state index contributed by atoms with van der Waals surface area (Å²) in [6.07, 6.45) is 1.72. The molecule has 0 saturated heterocycles. The van der Waals surface area contributed by atoms with Crippen molar-refractivity contribution in [1.82, 2.24) is 19.7 Å². The molecule has 0 saturated carbocycles. The Morgan fingerprint density at radius 2 is 2.20 bits per heavy atom. The van der Waals surface area contributed by atoms with Gasteiger partial charge in [0.1, 0.15) is 11.6 Å². The molecule has 0 bridgehead atoms. The van der Waals surface area contributed by atoms with Crippen molar-refractivity contribution in [2.45, 2.75) is 19.7 Å². The molecule has 2 aromatic rings. The molecule has 0 aliphatic heterocycles. The van der Waals surface area contributed by atoms with Crippen molar-refractivity contribution >= 4 is 11.6 Å². The average molecular weight is 223 g/mol. The lowest BCUT2D eigenvalue weighted by atomic mass is 10.3. The maximum Gasteiger partial charge on any atom is 0.159 e. The topological polar surface area (TPSA) is 43.6 Å². The molecule has 0 radical (unpaired) electrons. The van der Waals surface area contributed by atoms with Crippen LogP contribution in [-0.4, -0.2) is 19.7 Å². The zero-order chi connectivity index (χ0) is 10.8. The molecule has 0 unspecified atom stereocenters. The molecule has 0 spiro atoms. The third-order valence-corrected chi connectivity index (χ3v) is 2.37. The molecular formula is C10H11ClN4. The van der Waals surface area contributed by atoms with Gasteiger partial charge in [0.05, 0.1) is 5.88 Å². The third-order valence-electron chi connectivity index (χ3n) is 2.09. The van der Waals surface area contributed by atoms with Gasteiger partial charge in [-0.25, -0.2) is 9.97 Å². The SMILES string of the molecule is Cc1nc(C)n(-c2ncccc2CCl)n1. The summed E-state index contributed by atoms with van der Waals surface area (Å²) in [7, 11) is 0. The van der Waals surface area contributed by atoms with E-state index in [0.29, 0.717) is 5.88 Å². The average Bonchev–Trinajstić information content (AvgIpc) is 2.57. The molecule has 0 atom stereocenters. The summed E-state index contributed by atoms with van der Waals surface area (Å²) in [6, 6.07) is 3.80. The van der Waals surface area contributed by atoms with Crippen molar-refractivity contribution in [1.29, 1.82) is 0 Å². The number of aryl methyl sites for hydroxylation is 2. The minimum Gasteiger partial charge on any atom is -0.237 e. The minimum absolute atomic E-state index is 0.418. The summed E-state index contributed by atoms with van der Waals surface area (Å²) in [5, 5.41) is 4.27. The quantitative estimate of drug-likeness (QED) is 0.731. The fourth-order valence-electron chi connectivity index (χ4n) is 1.45. The molecule has 2 rings (SSSR count). The van der Waals surface area contributed by atoms with E-state index in [4.69, 9.17) is 11.6 Å². The number of rotatable bonds is 2. The molecule has 0 aliphatic carbocycles. The Kier molecular flexibility index (Phi) is 2.68. The number of halogens is 1. The van der Waals surface area contributed by atoms with Crippen molar-refractivity contribution in [3.63, 3.8) is 0 Å². The number of alkyl halides is 1. The van der Waals surface area contributed by atoms with Crippen LogP contribution in [0.25, 0.3) is 5.82 Å². The molecular weight excluding hydrogens is 212 g/mol. The summed E-state index contributed by atoms with van der Waals surface area (Å²) >= 11 is 5.84. The fourth-order valence-corrected chi connectivity index (χ4v) is 1.66. The van der Waals surface area contributed by atoms with E-state index in [0.717, 1.165) is 23.0 Å². The monoisotopic (exact) mass is 222 g/mol. The Morgan fingerprint density at radius 3 is 2.80 bits per heavy atom. The molecule has 15 heavy (non-hydrogen) atoms. The first kappa shape index (κ1) is 10.1. The normalized spacial score (nSPS) is 10.6. The van der Waals surface area contributed by atoms with Gasteiger partial charge in [0, 0.05) is 11.8 Å². The van der Waals surface area contributed by atoms with Gasteiger partial charge >= 0.3 is 0 Å². The van der Waals surface area contributed by atoms with E-state index in [-0.39, 0.29) is 0 Å². The van der Waals surface area contributed by atoms with E-state index in [9.17, 15) is 0 Å². The van der Waals surface area contributed by atoms with Crippen molar-refractivity contribution < 1.29 is 0 Å². The molecule has 2 heterocycles. The number of nitrogens with zero attached hydrogens (tertiary/aromatic N) is 4. The van der Waals surface area contributed by atoms with Crippen LogP contribution in [0.5, 0.6) is 0 Å². The Balaban J connectivity index is 2.58. The van der Waals surface area contributed by atoms with Gasteiger partial charge in [-0.05, 0) is 19.9 Å². The minimum atomic E-state index is 0.418. The smallest absolute Gasteiger partial charge is 0.159 e. The molecule has 4 nitrogen and oxygen atoms in total. The van der Waals surface area contributed by atoms with Crippen LogP contribution in [0, 0.1) is 13.8 Å². The van der Waals surface area contributed by atoms with Crippen LogP contribution < -0.4 is 0 Å². The highest BCUT2D eigenvalue weighted by Crippen LogP contribution is 2.14. The zero-order valence-corrected chi connectivity index (χ0v) is 9.36. The maximum absolute atomic E-state index is 5.84. The second-order valence-electron chi connectivity index (χ2n) is 3.24. The van der Waals surface area contributed by atoms with Crippen LogP contribution in [-0.2, 0) is 5.88 Å². The van der Waals surface area contributed by atoms with Gasteiger partial charge in [-0.2, -0.15) is 4.68 Å². The van der Waals surface area contributed by atoms with Gasteiger partial charge in [-0.15, -0.1) is 16.7 Å². The molecule has 0 aromatic carbocycles. The van der Waals surface area contributed by atoms with E-state index >= 15 is 0 Å². The number of aromatic nitrogens is 4. The Bertz CT molecular complexity index is 478. The predicted octanol–water partition coefficient (Wildman–Crippen LogP) is 2.02. The van der Waals surface area contributed by atoms with Crippen molar-refractivity contribution in [2.75, 3.05) is 0 Å². The molecule has 0 N–H and O–H groups in total. The Morgan fingerprint density at radius 1 is 1.40 bits per heavy atom. The van der Waals surface area contributed by atoms with E-state index in [1.54, 1.807) is 10.9 Å². The number of hydrogen-bond acceptors (Lipinski definition) is 3. The molecule has 2 aromatic heterocycles. The highest BCUT2D eigenvalue weighted by molar-refractivity contribution is 6.17. The van der Waals surface area contributed by atoms with Crippen LogP contribution in [0.3, 0.4) is 0 Å². The first-order chi connectivity index (χ1) is 7.22. The highest BCUT2D eigenvalue weighted by Gasteiger charge is 2.09. The summed E-state index contributed by atoms with van der Waals surface area (Å²) in [5.74, 6) is 2.73. The van der Waals surface area contributed by atoms with Crippen LogP contribution in [0.15, 0.2) is 18.3 Å². The first-order valence-electron chi connectivity index (χ1n) is 4.63. The summed E-state index contributed by atoms with van der Waals surface area (Å²) < 4.78 is 1.72. The van der Waals surface area contributed by atoms with Gasteiger partial charge in [0.15, 0.2) is 5.82 Å². The van der Waals surface area contributed by atoms with Crippen LogP contribution in [0.1, 0.15) is 17.2 Å². The number of hydrogen-bond donors (Lipinski definition) is 0. The maximum atomic E-state index is 5.84. The molecule has 0 amide bonds. The zero-order valence-electron chi connectivity index (χ0n) is 8.61. The van der Waals surface area contributed by atoms with Gasteiger partial charge in [0.2, 0.25) is 0 Å². The van der Waals surface area contributed by atoms with E-state index in [2.05, 4.69) is 15.1 Å². The van der Waals surface area contributed by atoms with Crippen molar-refractivity contribution in [3.8, 4) is 5.82 Å². The molecule has 78 valence electrons. The van der Waals surface area contributed by atoms with Gasteiger partial charge < -0.3 is 0 Å². The second-order valence-corrected chi connectivity index (χ2v) is 3.51. The molecule has 5 heteroatoms. The Hall–Kier alpha value is -1.42. The third kappa shape index (κ3) is 1.85. The summed E-state index contributed by atoms with van der Waals surface area (Å²) in [4.78, 5) is 8.50. The molecule has 0 aliphatic rings. The lowest BCUT2D eigenvalue weighted by molar-refractivity contribution is 0.795. The molecule has 0 fully saturated rings. The van der Waals surface area contributed by atoms with E-state index < -0.39 is 0 Å². The van der Waals surface area contributed by atoms with E-state index in [1.165, 1.54) is 0 Å². The van der Waals surface area contributed by atoms with Gasteiger partial charge in [-0.1, -0.05) is 6.07 Å². The van der Waals surface area contributed by atoms with Crippen LogP contribution in [0.4, 0.5) is 0 Å². The van der Waals surface area contributed by atoms with Crippen LogP contribution in [0.2, 0.25) is 0 Å². The standard InChI is InChI=1S/C10H11ClN4/c1-7-13-8(2)15(14-7)10-9(6-11)4-3-5-12-10/h3-5H,6H2,1-2H3. The van der Waals surface area contributed by atoms with Crippen molar-refractivity contribution in [2.24, 2.45) is 0 Å². The lowest BCUT2D eigenvalue weighted by Crippen LogP contribution is -2.05.